The van der Waals surface area contributed by atoms with E-state index in [2.05, 4.69) is 40.7 Å². The van der Waals surface area contributed by atoms with Crippen LogP contribution in [0.4, 0.5) is 0 Å². The molecule has 0 aromatic carbocycles. The molecule has 0 aromatic heterocycles. The summed E-state index contributed by atoms with van der Waals surface area (Å²) in [7, 11) is 0. The van der Waals surface area contributed by atoms with E-state index in [1.54, 1.807) is 5.57 Å². The minimum absolute atomic E-state index is 0. The van der Waals surface area contributed by atoms with Gasteiger partial charge in [-0.1, -0.05) is 37.8 Å². The first-order valence-corrected chi connectivity index (χ1v) is 6.91. The Hall–Kier alpha value is 0.337. The predicted molar refractivity (Wildman–Crippen MR) is 71.1 cm³/mol. The van der Waals surface area contributed by atoms with Crippen molar-refractivity contribution in [1.82, 2.24) is 0 Å². The molecule has 17 heavy (non-hydrogen) atoms. The van der Waals surface area contributed by atoms with E-state index in [0.717, 1.165) is 18.3 Å². The van der Waals surface area contributed by atoms with Crippen molar-refractivity contribution < 1.29 is 18.9 Å². The predicted octanol–water partition coefficient (Wildman–Crippen LogP) is 2.01. The van der Waals surface area contributed by atoms with Crippen molar-refractivity contribution in [3.05, 3.63) is 18.6 Å². The molecular formula is C16H27Li. The molecule has 4 atom stereocenters. The van der Waals surface area contributed by atoms with Gasteiger partial charge in [0.15, 0.2) is 0 Å². The summed E-state index contributed by atoms with van der Waals surface area (Å²) in [5, 5.41) is 0. The number of allylic oxidation sites excluding steroid dienone is 2. The van der Waals surface area contributed by atoms with Crippen LogP contribution < -0.4 is 18.9 Å². The Bertz CT molecular complexity index is 307. The molecule has 0 amide bonds. The normalized spacial score (nSPS) is 45.6. The minimum atomic E-state index is 0. The van der Waals surface area contributed by atoms with Crippen LogP contribution in [0.25, 0.3) is 0 Å². The van der Waals surface area contributed by atoms with Crippen LogP contribution in [0.1, 0.15) is 59.8 Å². The van der Waals surface area contributed by atoms with Gasteiger partial charge >= 0.3 is 18.9 Å². The minimum Gasteiger partial charge on any atom is -0.343 e. The first-order valence-electron chi connectivity index (χ1n) is 6.91. The fourth-order valence-corrected chi connectivity index (χ4v) is 4.33. The van der Waals surface area contributed by atoms with Crippen LogP contribution in [0.5, 0.6) is 0 Å². The number of hydrogen-bond acceptors (Lipinski definition) is 0. The van der Waals surface area contributed by atoms with Crippen molar-refractivity contribution >= 4 is 0 Å². The standard InChI is InChI=1S/C16H27.Li/c1-6-15(4)13(3)10-11-16(5)12(2)8-7-9-14(15)16;/h8,13-14H,1,6-7,9-11H2,2-5H3;/q-1;+1/t13-,14-,15+,16-;/m0./s1. The van der Waals surface area contributed by atoms with E-state index in [1.165, 1.54) is 25.7 Å². The molecule has 2 aliphatic carbocycles. The van der Waals surface area contributed by atoms with Crippen LogP contribution in [-0.2, 0) is 0 Å². The van der Waals surface area contributed by atoms with E-state index < -0.39 is 0 Å². The Morgan fingerprint density at radius 3 is 2.59 bits per heavy atom. The van der Waals surface area contributed by atoms with Crippen LogP contribution >= 0.6 is 0 Å². The topological polar surface area (TPSA) is 0 Å². The summed E-state index contributed by atoms with van der Waals surface area (Å²) < 4.78 is 0. The summed E-state index contributed by atoms with van der Waals surface area (Å²) in [4.78, 5) is 0. The van der Waals surface area contributed by atoms with Crippen molar-refractivity contribution in [3.8, 4) is 0 Å². The van der Waals surface area contributed by atoms with Crippen molar-refractivity contribution in [2.75, 3.05) is 0 Å². The molecule has 0 aromatic rings. The van der Waals surface area contributed by atoms with E-state index in [0.29, 0.717) is 10.8 Å². The molecule has 0 radical (unpaired) electrons. The second-order valence-electron chi connectivity index (χ2n) is 6.63. The summed E-state index contributed by atoms with van der Waals surface area (Å²) in [5.74, 6) is 1.69. The van der Waals surface area contributed by atoms with Crippen molar-refractivity contribution in [2.45, 2.75) is 59.8 Å². The summed E-state index contributed by atoms with van der Waals surface area (Å²) in [6.07, 6.45) is 9.01. The second-order valence-corrected chi connectivity index (χ2v) is 6.63. The zero-order valence-electron chi connectivity index (χ0n) is 12.5. The first kappa shape index (κ1) is 15.4. The van der Waals surface area contributed by atoms with Crippen LogP contribution in [0, 0.1) is 29.6 Å². The molecule has 1 heteroatoms. The molecule has 0 spiro atoms. The fraction of sp³-hybridized carbons (Fsp3) is 0.812. The summed E-state index contributed by atoms with van der Waals surface area (Å²) in [6, 6.07) is 0. The molecule has 2 aliphatic rings. The molecule has 0 aliphatic heterocycles. The van der Waals surface area contributed by atoms with Gasteiger partial charge in [-0.05, 0) is 49.9 Å². The average molecular weight is 226 g/mol. The zero-order valence-corrected chi connectivity index (χ0v) is 12.5. The van der Waals surface area contributed by atoms with Gasteiger partial charge in [0.1, 0.15) is 0 Å². The van der Waals surface area contributed by atoms with Crippen molar-refractivity contribution in [1.29, 1.82) is 0 Å². The van der Waals surface area contributed by atoms with Gasteiger partial charge in [-0.15, -0.1) is 0 Å². The van der Waals surface area contributed by atoms with E-state index in [1.807, 2.05) is 0 Å². The molecule has 0 bridgehead atoms. The Kier molecular flexibility index (Phi) is 4.66. The molecule has 1 saturated carbocycles. The van der Waals surface area contributed by atoms with Crippen molar-refractivity contribution in [2.24, 2.45) is 22.7 Å². The zero-order chi connectivity index (χ0) is 12.0. The van der Waals surface area contributed by atoms with Gasteiger partial charge in [0.2, 0.25) is 0 Å². The molecule has 0 unspecified atom stereocenters. The van der Waals surface area contributed by atoms with Crippen LogP contribution in [0.15, 0.2) is 11.6 Å². The Labute approximate surface area is 120 Å². The molecule has 0 nitrogen and oxygen atoms in total. The van der Waals surface area contributed by atoms with Crippen LogP contribution in [-0.4, -0.2) is 0 Å². The van der Waals surface area contributed by atoms with E-state index in [4.69, 9.17) is 0 Å². The largest absolute Gasteiger partial charge is 1.00 e. The SMILES string of the molecule is [CH2-]C[C@]1(C)[C@@H](C)CC[C@@]2(C)C(C)=CCC[C@@H]12.[Li+]. The molecule has 92 valence electrons. The number of hydrogen-bond donors (Lipinski definition) is 0. The maximum atomic E-state index is 4.26. The first-order chi connectivity index (χ1) is 7.45. The molecule has 2 rings (SSSR count). The van der Waals surface area contributed by atoms with Crippen LogP contribution in [0.3, 0.4) is 0 Å². The third-order valence-corrected chi connectivity index (χ3v) is 6.13. The van der Waals surface area contributed by atoms with Gasteiger partial charge < -0.3 is 6.92 Å². The third kappa shape index (κ3) is 2.17. The molecule has 0 N–H and O–H groups in total. The maximum Gasteiger partial charge on any atom is 1.00 e. The summed E-state index contributed by atoms with van der Waals surface area (Å²) in [6.45, 7) is 14.0. The number of fused-ring (bicyclic) bond motifs is 1. The van der Waals surface area contributed by atoms with Gasteiger partial charge in [-0.25, -0.2) is 0 Å². The van der Waals surface area contributed by atoms with Crippen LogP contribution in [0.2, 0.25) is 0 Å². The molecular weight excluding hydrogens is 199 g/mol. The molecule has 1 fully saturated rings. The smallest absolute Gasteiger partial charge is 0.343 e. The average Bonchev–Trinajstić information content (AvgIpc) is 2.27. The van der Waals surface area contributed by atoms with Gasteiger partial charge in [-0.2, -0.15) is 6.42 Å². The third-order valence-electron chi connectivity index (χ3n) is 6.13. The van der Waals surface area contributed by atoms with E-state index in [9.17, 15) is 0 Å². The summed E-state index contributed by atoms with van der Waals surface area (Å²) >= 11 is 0. The molecule has 0 heterocycles. The van der Waals surface area contributed by atoms with Crippen molar-refractivity contribution in [3.63, 3.8) is 0 Å². The van der Waals surface area contributed by atoms with Gasteiger partial charge in [0.25, 0.3) is 0 Å². The quantitative estimate of drug-likeness (QED) is 0.364. The van der Waals surface area contributed by atoms with E-state index in [-0.39, 0.29) is 18.9 Å². The Balaban J connectivity index is 0.00000144. The van der Waals surface area contributed by atoms with Gasteiger partial charge in [0.05, 0.1) is 0 Å². The number of rotatable bonds is 1. The molecule has 0 saturated heterocycles. The monoisotopic (exact) mass is 226 g/mol. The Morgan fingerprint density at radius 2 is 2.00 bits per heavy atom. The maximum absolute atomic E-state index is 4.26. The van der Waals surface area contributed by atoms with Gasteiger partial charge in [-0.3, -0.25) is 0 Å². The fourth-order valence-electron chi connectivity index (χ4n) is 4.33. The van der Waals surface area contributed by atoms with E-state index >= 15 is 0 Å². The summed E-state index contributed by atoms with van der Waals surface area (Å²) in [5.41, 5.74) is 2.58. The second kappa shape index (κ2) is 5.14. The Morgan fingerprint density at radius 1 is 1.35 bits per heavy atom. The van der Waals surface area contributed by atoms with Gasteiger partial charge in [0, 0.05) is 0 Å².